The standard InChI is InChI=1S/C64H47N/c1-63(2)59-41-48(45-21-10-4-11-22-45)33-38-55(59)56-39-36-52(42-60(56)63)65(51-34-31-46(32-35-51)44-19-8-3-9-20-44)53-37-40-57-61(43-53)64(49-25-14-6-15-26-49,50-27-16-7-17-28-50)58-30-18-29-54(62(57)58)47-23-12-5-13-24-47/h3-43H,1-2H3. The highest BCUT2D eigenvalue weighted by Gasteiger charge is 2.47. The van der Waals surface area contributed by atoms with Gasteiger partial charge in [0.05, 0.1) is 5.41 Å². The molecule has 0 amide bonds. The van der Waals surface area contributed by atoms with E-state index < -0.39 is 5.41 Å². The van der Waals surface area contributed by atoms with Gasteiger partial charge in [0.1, 0.15) is 0 Å². The van der Waals surface area contributed by atoms with Gasteiger partial charge < -0.3 is 4.90 Å². The fourth-order valence-corrected chi connectivity index (χ4v) is 11.1. The Labute approximate surface area is 382 Å². The van der Waals surface area contributed by atoms with E-state index in [4.69, 9.17) is 0 Å². The van der Waals surface area contributed by atoms with E-state index in [-0.39, 0.29) is 5.41 Å². The Balaban J connectivity index is 1.09. The van der Waals surface area contributed by atoms with Crippen molar-refractivity contribution in [1.82, 2.24) is 0 Å². The van der Waals surface area contributed by atoms with Gasteiger partial charge in [-0.3, -0.25) is 0 Å². The molecule has 12 rings (SSSR count). The van der Waals surface area contributed by atoms with Crippen LogP contribution in [-0.4, -0.2) is 0 Å². The first-order chi connectivity index (χ1) is 32.0. The topological polar surface area (TPSA) is 3.24 Å². The van der Waals surface area contributed by atoms with Gasteiger partial charge >= 0.3 is 0 Å². The molecule has 2 aliphatic rings. The molecule has 65 heavy (non-hydrogen) atoms. The summed E-state index contributed by atoms with van der Waals surface area (Å²) in [7, 11) is 0. The van der Waals surface area contributed by atoms with Gasteiger partial charge in [0.2, 0.25) is 0 Å². The zero-order valence-electron chi connectivity index (χ0n) is 36.6. The predicted molar refractivity (Wildman–Crippen MR) is 272 cm³/mol. The maximum Gasteiger partial charge on any atom is 0.0714 e. The van der Waals surface area contributed by atoms with Crippen LogP contribution in [0, 0.1) is 0 Å². The Bertz CT molecular complexity index is 3310. The first-order valence-electron chi connectivity index (χ1n) is 22.8. The zero-order valence-corrected chi connectivity index (χ0v) is 36.6. The summed E-state index contributed by atoms with van der Waals surface area (Å²) in [6.07, 6.45) is 0. The second-order valence-electron chi connectivity index (χ2n) is 18.0. The number of fused-ring (bicyclic) bond motifs is 6. The highest BCUT2D eigenvalue weighted by Crippen LogP contribution is 2.60. The number of hydrogen-bond donors (Lipinski definition) is 0. The summed E-state index contributed by atoms with van der Waals surface area (Å²) in [6.45, 7) is 4.78. The fraction of sp³-hybridized carbons (Fsp3) is 0.0625. The zero-order chi connectivity index (χ0) is 43.5. The number of anilines is 3. The molecular formula is C64H47N. The van der Waals surface area contributed by atoms with Crippen molar-refractivity contribution in [3.8, 4) is 55.6 Å². The van der Waals surface area contributed by atoms with Crippen molar-refractivity contribution in [1.29, 1.82) is 0 Å². The summed E-state index contributed by atoms with van der Waals surface area (Å²) < 4.78 is 0. The van der Waals surface area contributed by atoms with Crippen LogP contribution < -0.4 is 4.90 Å². The molecule has 0 saturated carbocycles. The fourth-order valence-electron chi connectivity index (χ4n) is 11.1. The van der Waals surface area contributed by atoms with Crippen molar-refractivity contribution in [3.63, 3.8) is 0 Å². The largest absolute Gasteiger partial charge is 0.310 e. The van der Waals surface area contributed by atoms with Crippen LogP contribution in [0.15, 0.2) is 249 Å². The number of benzene rings is 10. The molecule has 1 heteroatoms. The van der Waals surface area contributed by atoms with Gasteiger partial charge in [0.25, 0.3) is 0 Å². The molecule has 10 aromatic carbocycles. The van der Waals surface area contributed by atoms with E-state index in [0.717, 1.165) is 17.1 Å². The minimum absolute atomic E-state index is 0.211. The number of nitrogens with zero attached hydrogens (tertiary/aromatic N) is 1. The molecule has 0 saturated heterocycles. The van der Waals surface area contributed by atoms with E-state index in [9.17, 15) is 0 Å². The van der Waals surface area contributed by atoms with Crippen molar-refractivity contribution in [2.75, 3.05) is 4.90 Å². The molecule has 0 N–H and O–H groups in total. The van der Waals surface area contributed by atoms with Crippen molar-refractivity contribution in [2.24, 2.45) is 0 Å². The SMILES string of the molecule is CC1(C)c2cc(-c3ccccc3)ccc2-c2ccc(N(c3ccc(-c4ccccc4)cc3)c3ccc4c(c3)C(c3ccccc3)(c3ccccc3)c3cccc(-c5ccccc5)c3-4)cc21. The van der Waals surface area contributed by atoms with Crippen molar-refractivity contribution < 1.29 is 0 Å². The summed E-state index contributed by atoms with van der Waals surface area (Å²) in [6, 6.07) is 92.0. The lowest BCUT2D eigenvalue weighted by molar-refractivity contribution is 0.660. The van der Waals surface area contributed by atoms with E-state index in [1.165, 1.54) is 89.0 Å². The molecule has 2 aliphatic carbocycles. The smallest absolute Gasteiger partial charge is 0.0714 e. The Morgan fingerprint density at radius 3 is 1.29 bits per heavy atom. The van der Waals surface area contributed by atoms with Crippen LogP contribution in [0.1, 0.15) is 47.2 Å². The Morgan fingerprint density at radius 2 is 0.708 bits per heavy atom. The lowest BCUT2D eigenvalue weighted by Gasteiger charge is -2.35. The Morgan fingerprint density at radius 1 is 0.277 bits per heavy atom. The highest BCUT2D eigenvalue weighted by atomic mass is 15.1. The molecule has 10 aromatic rings. The summed E-state index contributed by atoms with van der Waals surface area (Å²) in [4.78, 5) is 2.48. The average Bonchev–Trinajstić information content (AvgIpc) is 3.80. The molecule has 0 unspecified atom stereocenters. The molecule has 1 nitrogen and oxygen atoms in total. The van der Waals surface area contributed by atoms with Crippen molar-refractivity contribution in [3.05, 3.63) is 282 Å². The minimum Gasteiger partial charge on any atom is -0.310 e. The quantitative estimate of drug-likeness (QED) is 0.147. The van der Waals surface area contributed by atoms with Gasteiger partial charge in [-0.25, -0.2) is 0 Å². The maximum atomic E-state index is 2.49. The van der Waals surface area contributed by atoms with Gasteiger partial charge in [-0.2, -0.15) is 0 Å². The number of hydrogen-bond acceptors (Lipinski definition) is 1. The first-order valence-corrected chi connectivity index (χ1v) is 22.8. The summed E-state index contributed by atoms with van der Waals surface area (Å²) in [5.74, 6) is 0. The van der Waals surface area contributed by atoms with E-state index in [1.54, 1.807) is 0 Å². The van der Waals surface area contributed by atoms with E-state index in [2.05, 4.69) is 267 Å². The van der Waals surface area contributed by atoms with Crippen LogP contribution in [0.5, 0.6) is 0 Å². The molecule has 0 fully saturated rings. The Hall–Kier alpha value is -8.00. The first kappa shape index (κ1) is 38.7. The normalized spacial score (nSPS) is 13.6. The van der Waals surface area contributed by atoms with E-state index in [0.29, 0.717) is 0 Å². The van der Waals surface area contributed by atoms with Crippen molar-refractivity contribution in [2.45, 2.75) is 24.7 Å². The molecular weight excluding hydrogens is 783 g/mol. The molecule has 308 valence electrons. The van der Waals surface area contributed by atoms with Gasteiger partial charge in [-0.05, 0) is 131 Å². The third-order valence-corrected chi connectivity index (χ3v) is 14.2. The van der Waals surface area contributed by atoms with Gasteiger partial charge in [-0.15, -0.1) is 0 Å². The van der Waals surface area contributed by atoms with Gasteiger partial charge in [0.15, 0.2) is 0 Å². The van der Waals surface area contributed by atoms with Crippen molar-refractivity contribution >= 4 is 17.1 Å². The van der Waals surface area contributed by atoms with Gasteiger partial charge in [-0.1, -0.05) is 220 Å². The third-order valence-electron chi connectivity index (χ3n) is 14.2. The number of rotatable bonds is 8. The molecule has 0 atom stereocenters. The molecule has 0 bridgehead atoms. The molecule has 0 spiro atoms. The summed E-state index contributed by atoms with van der Waals surface area (Å²) in [5.41, 5.74) is 22.9. The lowest BCUT2D eigenvalue weighted by Crippen LogP contribution is -2.28. The second kappa shape index (κ2) is 15.4. The molecule has 0 heterocycles. The van der Waals surface area contributed by atoms with Crippen LogP contribution in [0.2, 0.25) is 0 Å². The lowest BCUT2D eigenvalue weighted by atomic mass is 9.67. The summed E-state index contributed by atoms with van der Waals surface area (Å²) in [5, 5.41) is 0. The molecule has 0 aromatic heterocycles. The van der Waals surface area contributed by atoms with Crippen LogP contribution in [-0.2, 0) is 10.8 Å². The van der Waals surface area contributed by atoms with Crippen LogP contribution >= 0.6 is 0 Å². The third kappa shape index (κ3) is 6.15. The minimum atomic E-state index is -0.575. The highest BCUT2D eigenvalue weighted by molar-refractivity contribution is 5.97. The Kier molecular flexibility index (Phi) is 9.14. The van der Waals surface area contributed by atoms with Crippen LogP contribution in [0.25, 0.3) is 55.6 Å². The van der Waals surface area contributed by atoms with E-state index >= 15 is 0 Å². The summed E-state index contributed by atoms with van der Waals surface area (Å²) >= 11 is 0. The average molecular weight is 830 g/mol. The monoisotopic (exact) mass is 829 g/mol. The maximum absolute atomic E-state index is 2.49. The predicted octanol–water partition coefficient (Wildman–Crippen LogP) is 16.8. The van der Waals surface area contributed by atoms with E-state index in [1.807, 2.05) is 0 Å². The van der Waals surface area contributed by atoms with Crippen LogP contribution in [0.4, 0.5) is 17.1 Å². The van der Waals surface area contributed by atoms with Gasteiger partial charge in [0, 0.05) is 22.5 Å². The second-order valence-corrected chi connectivity index (χ2v) is 18.0. The molecule has 0 radical (unpaired) electrons. The molecule has 0 aliphatic heterocycles. The van der Waals surface area contributed by atoms with Crippen LogP contribution in [0.3, 0.4) is 0 Å².